The van der Waals surface area contributed by atoms with Crippen LogP contribution in [0.5, 0.6) is 0 Å². The zero-order valence-corrected chi connectivity index (χ0v) is 12.7. The molecule has 2 aromatic carbocycles. The molecule has 0 amide bonds. The van der Waals surface area contributed by atoms with E-state index in [1.54, 1.807) is 0 Å². The molecule has 4 rings (SSSR count). The van der Waals surface area contributed by atoms with Gasteiger partial charge in [0.05, 0.1) is 11.0 Å². The highest BCUT2D eigenvalue weighted by Crippen LogP contribution is 2.26. The zero-order valence-electron chi connectivity index (χ0n) is 11.1. The Morgan fingerprint density at radius 3 is 2.70 bits per heavy atom. The van der Waals surface area contributed by atoms with Gasteiger partial charge in [0.15, 0.2) is 0 Å². The van der Waals surface area contributed by atoms with Crippen molar-refractivity contribution in [3.8, 4) is 5.69 Å². The molecule has 0 N–H and O–H groups in total. The van der Waals surface area contributed by atoms with E-state index in [1.807, 2.05) is 18.5 Å². The molecule has 1 heterocycles. The summed E-state index contributed by atoms with van der Waals surface area (Å²) < 4.78 is 3.26. The molecule has 0 unspecified atom stereocenters. The fourth-order valence-corrected chi connectivity index (χ4v) is 3.41. The van der Waals surface area contributed by atoms with Gasteiger partial charge >= 0.3 is 0 Å². The van der Waals surface area contributed by atoms with E-state index in [4.69, 9.17) is 0 Å². The summed E-state index contributed by atoms with van der Waals surface area (Å²) in [6.07, 6.45) is 6.99. The van der Waals surface area contributed by atoms with Crippen molar-refractivity contribution in [2.45, 2.75) is 25.7 Å². The molecule has 0 radical (unpaired) electrons. The van der Waals surface area contributed by atoms with Gasteiger partial charge in [0.2, 0.25) is 0 Å². The molecule has 3 aromatic rings. The molecule has 20 heavy (non-hydrogen) atoms. The highest BCUT2D eigenvalue weighted by molar-refractivity contribution is 9.10. The lowest BCUT2D eigenvalue weighted by molar-refractivity contribution is 0.685. The minimum atomic E-state index is 1.03. The van der Waals surface area contributed by atoms with Crippen LogP contribution in [0.1, 0.15) is 24.0 Å². The number of halogens is 1. The first-order valence-corrected chi connectivity index (χ1v) is 7.85. The second-order valence-electron chi connectivity index (χ2n) is 5.41. The van der Waals surface area contributed by atoms with Crippen molar-refractivity contribution < 1.29 is 0 Å². The number of imidazole rings is 1. The second kappa shape index (κ2) is 4.74. The molecule has 0 atom stereocenters. The molecule has 3 heteroatoms. The molecule has 0 saturated heterocycles. The van der Waals surface area contributed by atoms with Crippen molar-refractivity contribution in [3.63, 3.8) is 0 Å². The number of rotatable bonds is 1. The van der Waals surface area contributed by atoms with E-state index >= 15 is 0 Å². The molecule has 100 valence electrons. The van der Waals surface area contributed by atoms with Gasteiger partial charge in [-0.25, -0.2) is 4.98 Å². The van der Waals surface area contributed by atoms with Crippen molar-refractivity contribution in [1.29, 1.82) is 0 Å². The average Bonchev–Trinajstić information content (AvgIpc) is 2.89. The largest absolute Gasteiger partial charge is 0.299 e. The molecule has 0 fully saturated rings. The van der Waals surface area contributed by atoms with E-state index in [0.29, 0.717) is 0 Å². The van der Waals surface area contributed by atoms with Gasteiger partial charge in [-0.15, -0.1) is 0 Å². The van der Waals surface area contributed by atoms with Crippen LogP contribution < -0.4 is 0 Å². The SMILES string of the molecule is Brc1ccc2ncn(-c3ccc4c(c3)CCCC4)c2c1. The van der Waals surface area contributed by atoms with Crippen molar-refractivity contribution in [2.75, 3.05) is 0 Å². The highest BCUT2D eigenvalue weighted by atomic mass is 79.9. The van der Waals surface area contributed by atoms with Gasteiger partial charge in [-0.1, -0.05) is 22.0 Å². The normalized spacial score (nSPS) is 14.4. The number of fused-ring (bicyclic) bond motifs is 2. The Bertz CT molecular complexity index is 789. The zero-order chi connectivity index (χ0) is 13.5. The van der Waals surface area contributed by atoms with Crippen molar-refractivity contribution in [1.82, 2.24) is 9.55 Å². The van der Waals surface area contributed by atoms with Crippen LogP contribution in [0.15, 0.2) is 47.2 Å². The van der Waals surface area contributed by atoms with Crippen molar-refractivity contribution >= 4 is 27.0 Å². The summed E-state index contributed by atoms with van der Waals surface area (Å²) in [5.41, 5.74) is 6.42. The highest BCUT2D eigenvalue weighted by Gasteiger charge is 2.11. The van der Waals surface area contributed by atoms with E-state index in [2.05, 4.69) is 49.7 Å². The third kappa shape index (κ3) is 1.97. The van der Waals surface area contributed by atoms with E-state index in [-0.39, 0.29) is 0 Å². The van der Waals surface area contributed by atoms with Crippen LogP contribution in [-0.2, 0) is 12.8 Å². The number of benzene rings is 2. The van der Waals surface area contributed by atoms with Crippen LogP contribution in [0, 0.1) is 0 Å². The fraction of sp³-hybridized carbons (Fsp3) is 0.235. The third-order valence-corrected chi connectivity index (χ3v) is 4.61. The van der Waals surface area contributed by atoms with E-state index in [9.17, 15) is 0 Å². The predicted molar refractivity (Wildman–Crippen MR) is 85.4 cm³/mol. The first kappa shape index (κ1) is 12.2. The molecular formula is C17H15BrN2. The van der Waals surface area contributed by atoms with Gasteiger partial charge in [0, 0.05) is 10.2 Å². The molecule has 0 spiro atoms. The summed E-state index contributed by atoms with van der Waals surface area (Å²) in [7, 11) is 0. The Kier molecular flexibility index (Phi) is 2.88. The fourth-order valence-electron chi connectivity index (χ4n) is 3.06. The number of hydrogen-bond acceptors (Lipinski definition) is 1. The van der Waals surface area contributed by atoms with Gasteiger partial charge in [0.1, 0.15) is 6.33 Å². The van der Waals surface area contributed by atoms with Gasteiger partial charge in [0.25, 0.3) is 0 Å². The van der Waals surface area contributed by atoms with Gasteiger partial charge < -0.3 is 0 Å². The molecule has 0 bridgehead atoms. The van der Waals surface area contributed by atoms with E-state index in [0.717, 1.165) is 15.5 Å². The van der Waals surface area contributed by atoms with Crippen LogP contribution in [0.2, 0.25) is 0 Å². The quantitative estimate of drug-likeness (QED) is 0.635. The summed E-state index contributed by atoms with van der Waals surface area (Å²) in [5.74, 6) is 0. The first-order valence-electron chi connectivity index (χ1n) is 7.06. The molecule has 0 aliphatic heterocycles. The Morgan fingerprint density at radius 1 is 0.950 bits per heavy atom. The van der Waals surface area contributed by atoms with Crippen molar-refractivity contribution in [3.05, 3.63) is 58.3 Å². The topological polar surface area (TPSA) is 17.8 Å². The van der Waals surface area contributed by atoms with E-state index < -0.39 is 0 Å². The average molecular weight is 327 g/mol. The Labute approximate surface area is 126 Å². The molecule has 0 saturated carbocycles. The van der Waals surface area contributed by atoms with Crippen LogP contribution in [0.25, 0.3) is 16.7 Å². The summed E-state index contributed by atoms with van der Waals surface area (Å²) in [6, 6.07) is 13.0. The molecule has 1 aliphatic rings. The molecule has 1 aliphatic carbocycles. The minimum absolute atomic E-state index is 1.03. The van der Waals surface area contributed by atoms with Gasteiger partial charge in [-0.05, 0) is 67.1 Å². The summed E-state index contributed by atoms with van der Waals surface area (Å²) in [4.78, 5) is 4.49. The van der Waals surface area contributed by atoms with Gasteiger partial charge in [-0.3, -0.25) is 4.57 Å². The molecule has 2 nitrogen and oxygen atoms in total. The predicted octanol–water partition coefficient (Wildman–Crippen LogP) is 4.67. The molecular weight excluding hydrogens is 312 g/mol. The summed E-state index contributed by atoms with van der Waals surface area (Å²) in [6.45, 7) is 0. The Balaban J connectivity index is 1.88. The number of nitrogens with zero attached hydrogens (tertiary/aromatic N) is 2. The summed E-state index contributed by atoms with van der Waals surface area (Å²) >= 11 is 3.54. The maximum absolute atomic E-state index is 4.49. The first-order chi connectivity index (χ1) is 9.81. The maximum Gasteiger partial charge on any atom is 0.100 e. The lowest BCUT2D eigenvalue weighted by atomic mass is 9.91. The lowest BCUT2D eigenvalue weighted by Gasteiger charge is -2.17. The van der Waals surface area contributed by atoms with Crippen LogP contribution in [-0.4, -0.2) is 9.55 Å². The number of hydrogen-bond donors (Lipinski definition) is 0. The number of aromatic nitrogens is 2. The van der Waals surface area contributed by atoms with Crippen LogP contribution in [0.4, 0.5) is 0 Å². The minimum Gasteiger partial charge on any atom is -0.299 e. The second-order valence-corrected chi connectivity index (χ2v) is 6.32. The summed E-state index contributed by atoms with van der Waals surface area (Å²) in [5, 5.41) is 0. The number of aryl methyl sites for hydroxylation is 2. The van der Waals surface area contributed by atoms with Crippen molar-refractivity contribution in [2.24, 2.45) is 0 Å². The van der Waals surface area contributed by atoms with Crippen LogP contribution in [0.3, 0.4) is 0 Å². The third-order valence-electron chi connectivity index (χ3n) is 4.12. The Morgan fingerprint density at radius 2 is 1.80 bits per heavy atom. The Hall–Kier alpha value is -1.61. The standard InChI is InChI=1S/C17H15BrN2/c18-14-6-8-16-17(10-14)20(11-19-16)15-7-5-12-3-1-2-4-13(12)9-15/h5-11H,1-4H2. The van der Waals surface area contributed by atoms with E-state index in [1.165, 1.54) is 42.5 Å². The smallest absolute Gasteiger partial charge is 0.100 e. The lowest BCUT2D eigenvalue weighted by Crippen LogP contribution is -2.04. The monoisotopic (exact) mass is 326 g/mol. The van der Waals surface area contributed by atoms with Gasteiger partial charge in [-0.2, -0.15) is 0 Å². The maximum atomic E-state index is 4.49. The molecule has 1 aromatic heterocycles. The van der Waals surface area contributed by atoms with Crippen LogP contribution >= 0.6 is 15.9 Å².